The number of carbonyl (C=O) groups excluding carboxylic acids is 3. The second kappa shape index (κ2) is 10.2. The van der Waals surface area contributed by atoms with E-state index in [-0.39, 0.29) is 18.1 Å². The first-order chi connectivity index (χ1) is 16.2. The number of hydrogen-bond acceptors (Lipinski definition) is 9. The smallest absolute Gasteiger partial charge is 0.336 e. The number of benzene rings is 1. The minimum atomic E-state index is -0.985. The minimum Gasteiger partial charge on any atom is -0.496 e. The molecule has 3 atom stereocenters. The van der Waals surface area contributed by atoms with Crippen molar-refractivity contribution >= 4 is 17.7 Å². The highest BCUT2D eigenvalue weighted by atomic mass is 16.5. The fraction of sp³-hybridized carbons (Fsp3) is 0.480. The number of carbonyl (C=O) groups is 3. The van der Waals surface area contributed by atoms with Gasteiger partial charge in [0.1, 0.15) is 11.7 Å². The summed E-state index contributed by atoms with van der Waals surface area (Å²) in [6.45, 7) is 5.46. The van der Waals surface area contributed by atoms with E-state index in [9.17, 15) is 14.4 Å². The number of esters is 2. The summed E-state index contributed by atoms with van der Waals surface area (Å²) in [5.74, 6) is -2.46. The molecule has 2 aliphatic rings. The number of ketones is 1. The molecule has 1 aromatic rings. The van der Waals surface area contributed by atoms with Gasteiger partial charge in [-0.25, -0.2) is 4.79 Å². The van der Waals surface area contributed by atoms with Crippen LogP contribution in [0.3, 0.4) is 0 Å². The highest BCUT2D eigenvalue weighted by Crippen LogP contribution is 2.49. The van der Waals surface area contributed by atoms with Crippen LogP contribution < -0.4 is 19.5 Å². The number of methoxy groups -OCH3 is 4. The van der Waals surface area contributed by atoms with Crippen LogP contribution in [0.25, 0.3) is 0 Å². The predicted octanol–water partition coefficient (Wildman–Crippen LogP) is 2.89. The molecular weight excluding hydrogens is 442 g/mol. The summed E-state index contributed by atoms with van der Waals surface area (Å²) in [4.78, 5) is 39.5. The zero-order valence-corrected chi connectivity index (χ0v) is 20.6. The lowest BCUT2D eigenvalue weighted by molar-refractivity contribution is -0.151. The third kappa shape index (κ3) is 4.22. The van der Waals surface area contributed by atoms with Gasteiger partial charge in [0.25, 0.3) is 0 Å². The Morgan fingerprint density at radius 3 is 2.21 bits per heavy atom. The Morgan fingerprint density at radius 2 is 1.65 bits per heavy atom. The van der Waals surface area contributed by atoms with Crippen molar-refractivity contribution in [3.05, 3.63) is 40.2 Å². The molecule has 1 heterocycles. The largest absolute Gasteiger partial charge is 0.496 e. The summed E-state index contributed by atoms with van der Waals surface area (Å²) in [7, 11) is 5.75. The first kappa shape index (κ1) is 25.1. The van der Waals surface area contributed by atoms with Crippen molar-refractivity contribution < 1.29 is 38.1 Å². The first-order valence-corrected chi connectivity index (χ1v) is 11.0. The van der Waals surface area contributed by atoms with Crippen molar-refractivity contribution in [2.45, 2.75) is 33.1 Å². The van der Waals surface area contributed by atoms with Crippen LogP contribution in [0, 0.1) is 11.8 Å². The fourth-order valence-corrected chi connectivity index (χ4v) is 4.75. The summed E-state index contributed by atoms with van der Waals surface area (Å²) in [6, 6.07) is 3.32. The molecule has 1 aromatic carbocycles. The highest BCUT2D eigenvalue weighted by Gasteiger charge is 2.48. The quantitative estimate of drug-likeness (QED) is 0.472. The number of Topliss-reactive ketones (excluding diaryl/α,β-unsaturated/α-hetero) is 1. The Hall–Kier alpha value is -3.49. The van der Waals surface area contributed by atoms with Gasteiger partial charge in [0, 0.05) is 28.6 Å². The van der Waals surface area contributed by atoms with E-state index in [4.69, 9.17) is 23.7 Å². The van der Waals surface area contributed by atoms with E-state index in [1.165, 1.54) is 28.4 Å². The van der Waals surface area contributed by atoms with E-state index in [1.807, 2.05) is 6.92 Å². The van der Waals surface area contributed by atoms with Gasteiger partial charge in [-0.15, -0.1) is 0 Å². The SMILES string of the molecule is CCOC(=O)C1=C(C)NC2=C(C(=O)[C@H](C(=O)OC)[C@H](C)C2)[C@H]1c1cc(OC)c(OC)cc1OC. The van der Waals surface area contributed by atoms with Crippen molar-refractivity contribution in [1.29, 1.82) is 0 Å². The van der Waals surface area contributed by atoms with Crippen molar-refractivity contribution in [1.82, 2.24) is 5.32 Å². The molecule has 0 bridgehead atoms. The van der Waals surface area contributed by atoms with E-state index < -0.39 is 29.6 Å². The molecule has 1 aliphatic heterocycles. The summed E-state index contributed by atoms with van der Waals surface area (Å²) < 4.78 is 26.8. The van der Waals surface area contributed by atoms with E-state index in [1.54, 1.807) is 26.0 Å². The third-order valence-corrected chi connectivity index (χ3v) is 6.29. The molecule has 9 nitrogen and oxygen atoms in total. The standard InChI is InChI=1S/C25H31NO8/c1-8-34-25(29)20-13(3)26-15-9-12(2)19(24(28)33-7)23(27)22(15)21(20)14-10-17(31-5)18(32-6)11-16(14)30-4/h10-12,19,21,26H,8-9H2,1-7H3/t12-,19-,21+/m1/s1. The normalized spacial score (nSPS) is 22.0. The van der Waals surface area contributed by atoms with Crippen molar-refractivity contribution in [2.24, 2.45) is 11.8 Å². The Labute approximate surface area is 199 Å². The van der Waals surface area contributed by atoms with Crippen LogP contribution in [0.4, 0.5) is 0 Å². The minimum absolute atomic E-state index is 0.160. The molecule has 34 heavy (non-hydrogen) atoms. The molecule has 0 saturated heterocycles. The lowest BCUT2D eigenvalue weighted by Crippen LogP contribution is -2.43. The number of rotatable bonds is 7. The van der Waals surface area contributed by atoms with Gasteiger partial charge in [-0.1, -0.05) is 6.92 Å². The molecule has 184 valence electrons. The Balaban J connectivity index is 2.32. The maximum atomic E-state index is 13.8. The average molecular weight is 474 g/mol. The van der Waals surface area contributed by atoms with Crippen LogP contribution in [0.15, 0.2) is 34.7 Å². The second-order valence-electron chi connectivity index (χ2n) is 8.21. The molecule has 0 saturated carbocycles. The number of hydrogen-bond donors (Lipinski definition) is 1. The maximum Gasteiger partial charge on any atom is 0.336 e. The van der Waals surface area contributed by atoms with Gasteiger partial charge in [-0.3, -0.25) is 9.59 Å². The molecular formula is C25H31NO8. The maximum absolute atomic E-state index is 13.8. The van der Waals surface area contributed by atoms with Crippen LogP contribution in [0.1, 0.15) is 38.7 Å². The first-order valence-electron chi connectivity index (χ1n) is 11.0. The molecule has 0 spiro atoms. The fourth-order valence-electron chi connectivity index (χ4n) is 4.75. The van der Waals surface area contributed by atoms with Crippen LogP contribution in [0.2, 0.25) is 0 Å². The van der Waals surface area contributed by atoms with Crippen molar-refractivity contribution in [3.8, 4) is 17.2 Å². The molecule has 3 rings (SSSR count). The van der Waals surface area contributed by atoms with Crippen molar-refractivity contribution in [2.75, 3.05) is 35.0 Å². The lowest BCUT2D eigenvalue weighted by atomic mass is 9.69. The molecule has 0 unspecified atom stereocenters. The average Bonchev–Trinajstić information content (AvgIpc) is 2.81. The van der Waals surface area contributed by atoms with Gasteiger partial charge in [0.05, 0.1) is 46.5 Å². The van der Waals surface area contributed by atoms with Gasteiger partial charge < -0.3 is 29.0 Å². The van der Waals surface area contributed by atoms with Gasteiger partial charge >= 0.3 is 11.9 Å². The summed E-state index contributed by atoms with van der Waals surface area (Å²) in [6.07, 6.45) is 0.431. The van der Waals surface area contributed by atoms with E-state index >= 15 is 0 Å². The molecule has 1 aliphatic carbocycles. The van der Waals surface area contributed by atoms with E-state index in [2.05, 4.69) is 5.32 Å². The second-order valence-corrected chi connectivity index (χ2v) is 8.21. The number of allylic oxidation sites excluding steroid dienone is 3. The Bertz CT molecular complexity index is 1070. The van der Waals surface area contributed by atoms with Crippen LogP contribution in [-0.4, -0.2) is 52.8 Å². The number of nitrogens with one attached hydrogen (secondary N) is 1. The molecule has 1 N–H and O–H groups in total. The van der Waals surface area contributed by atoms with Gasteiger partial charge in [0.2, 0.25) is 0 Å². The highest BCUT2D eigenvalue weighted by molar-refractivity contribution is 6.12. The molecule has 0 radical (unpaired) electrons. The molecule has 0 amide bonds. The molecule has 0 aromatic heterocycles. The summed E-state index contributed by atoms with van der Waals surface area (Å²) in [5.41, 5.74) is 2.31. The van der Waals surface area contributed by atoms with Crippen LogP contribution in [0.5, 0.6) is 17.2 Å². The topological polar surface area (TPSA) is 109 Å². The third-order valence-electron chi connectivity index (χ3n) is 6.29. The Morgan fingerprint density at radius 1 is 1.03 bits per heavy atom. The monoisotopic (exact) mass is 473 g/mol. The zero-order valence-electron chi connectivity index (χ0n) is 20.6. The van der Waals surface area contributed by atoms with Crippen LogP contribution in [-0.2, 0) is 23.9 Å². The number of dihydropyridines is 1. The van der Waals surface area contributed by atoms with Crippen LogP contribution >= 0.6 is 0 Å². The number of ether oxygens (including phenoxy) is 5. The zero-order chi connectivity index (χ0) is 25.2. The van der Waals surface area contributed by atoms with Crippen molar-refractivity contribution in [3.63, 3.8) is 0 Å². The van der Waals surface area contributed by atoms with Gasteiger partial charge in [0.15, 0.2) is 17.3 Å². The summed E-state index contributed by atoms with van der Waals surface area (Å²) >= 11 is 0. The lowest BCUT2D eigenvalue weighted by Gasteiger charge is -2.38. The Kier molecular flexibility index (Phi) is 7.54. The van der Waals surface area contributed by atoms with Gasteiger partial charge in [-0.2, -0.15) is 0 Å². The molecule has 9 heteroatoms. The van der Waals surface area contributed by atoms with Gasteiger partial charge in [-0.05, 0) is 32.3 Å². The van der Waals surface area contributed by atoms with E-state index in [0.29, 0.717) is 46.2 Å². The predicted molar refractivity (Wildman–Crippen MR) is 123 cm³/mol. The van der Waals surface area contributed by atoms with E-state index in [0.717, 1.165) is 0 Å². The molecule has 0 fully saturated rings. The summed E-state index contributed by atoms with van der Waals surface area (Å²) in [5, 5.41) is 3.22.